The highest BCUT2D eigenvalue weighted by atomic mass is 19.4. The Morgan fingerprint density at radius 3 is 1.75 bits per heavy atom. The Bertz CT molecular complexity index is 269. The first-order chi connectivity index (χ1) is 7.21. The highest BCUT2D eigenvalue weighted by Crippen LogP contribution is 2.35. The maximum atomic E-state index is 13.0. The van der Waals surface area contributed by atoms with Gasteiger partial charge in [-0.15, -0.1) is 0 Å². The largest absolute Gasteiger partial charge is 0.416 e. The molecule has 0 atom stereocenters. The Morgan fingerprint density at radius 1 is 1.19 bits per heavy atom. The molecule has 16 heavy (non-hydrogen) atoms. The summed E-state index contributed by atoms with van der Waals surface area (Å²) >= 11 is 0. The lowest BCUT2D eigenvalue weighted by Gasteiger charge is -2.17. The van der Waals surface area contributed by atoms with Crippen LogP contribution in [0.5, 0.6) is 0 Å². The van der Waals surface area contributed by atoms with Crippen molar-refractivity contribution in [3.05, 3.63) is 36.2 Å². The van der Waals surface area contributed by atoms with Crippen LogP contribution in [0.3, 0.4) is 0 Å². The molecule has 0 aromatic heterocycles. The van der Waals surface area contributed by atoms with Gasteiger partial charge in [-0.05, 0) is 12.0 Å². The van der Waals surface area contributed by atoms with E-state index in [0.29, 0.717) is 0 Å². The van der Waals surface area contributed by atoms with Crippen LogP contribution in [0.1, 0.15) is 27.7 Å². The third-order valence-corrected chi connectivity index (χ3v) is 1.68. The molecule has 0 aliphatic carbocycles. The van der Waals surface area contributed by atoms with Gasteiger partial charge in [0, 0.05) is 5.57 Å². The van der Waals surface area contributed by atoms with Gasteiger partial charge in [0.15, 0.2) is 0 Å². The van der Waals surface area contributed by atoms with Gasteiger partial charge in [-0.3, -0.25) is 0 Å². The van der Waals surface area contributed by atoms with Crippen molar-refractivity contribution in [3.8, 4) is 0 Å². The lowest BCUT2D eigenvalue weighted by molar-refractivity contribution is -0.0898. The SMILES string of the molecule is C=C/C(F)=C(\C(=C)C(F)(F)F)C(C)C.CC. The molecule has 0 amide bonds. The molecule has 0 saturated heterocycles. The Hall–Kier alpha value is -1.06. The second-order valence-electron chi connectivity index (χ2n) is 3.10. The topological polar surface area (TPSA) is 0 Å². The smallest absolute Gasteiger partial charge is 0.207 e. The summed E-state index contributed by atoms with van der Waals surface area (Å²) in [5.41, 5.74) is -1.59. The monoisotopic (exact) mass is 238 g/mol. The number of hydrogen-bond acceptors (Lipinski definition) is 0. The Morgan fingerprint density at radius 2 is 1.56 bits per heavy atom. The van der Waals surface area contributed by atoms with E-state index in [4.69, 9.17) is 0 Å². The summed E-state index contributed by atoms with van der Waals surface area (Å²) in [6, 6.07) is 0. The molecule has 0 unspecified atom stereocenters. The maximum Gasteiger partial charge on any atom is 0.416 e. The van der Waals surface area contributed by atoms with Crippen molar-refractivity contribution >= 4 is 0 Å². The van der Waals surface area contributed by atoms with E-state index in [9.17, 15) is 17.6 Å². The fourth-order valence-electron chi connectivity index (χ4n) is 1.03. The van der Waals surface area contributed by atoms with E-state index >= 15 is 0 Å². The zero-order valence-corrected chi connectivity index (χ0v) is 10.1. The van der Waals surface area contributed by atoms with Crippen molar-refractivity contribution in [3.63, 3.8) is 0 Å². The third kappa shape index (κ3) is 5.14. The van der Waals surface area contributed by atoms with Crippen LogP contribution in [-0.4, -0.2) is 6.18 Å². The Labute approximate surface area is 94.4 Å². The molecule has 0 radical (unpaired) electrons. The molecule has 0 aromatic carbocycles. The van der Waals surface area contributed by atoms with Crippen LogP contribution in [0.2, 0.25) is 0 Å². The molecule has 0 aliphatic rings. The molecule has 0 aromatic rings. The van der Waals surface area contributed by atoms with Gasteiger partial charge in [0.05, 0.1) is 5.57 Å². The van der Waals surface area contributed by atoms with Crippen LogP contribution in [-0.2, 0) is 0 Å². The third-order valence-electron chi connectivity index (χ3n) is 1.68. The summed E-state index contributed by atoms with van der Waals surface area (Å²) in [7, 11) is 0. The zero-order valence-electron chi connectivity index (χ0n) is 10.1. The molecule has 0 fully saturated rings. The fraction of sp³-hybridized carbons (Fsp3) is 0.500. The summed E-state index contributed by atoms with van der Waals surface area (Å²) in [6.07, 6.45) is -3.84. The molecule has 0 rings (SSSR count). The van der Waals surface area contributed by atoms with Gasteiger partial charge >= 0.3 is 6.18 Å². The van der Waals surface area contributed by atoms with Crippen LogP contribution in [0.15, 0.2) is 36.2 Å². The van der Waals surface area contributed by atoms with Crippen molar-refractivity contribution in [2.45, 2.75) is 33.9 Å². The number of rotatable bonds is 3. The number of alkyl halides is 3. The van der Waals surface area contributed by atoms with Crippen LogP contribution in [0, 0.1) is 5.92 Å². The summed E-state index contributed by atoms with van der Waals surface area (Å²) in [5, 5.41) is 0. The number of hydrogen-bond donors (Lipinski definition) is 0. The zero-order chi connectivity index (χ0) is 13.5. The van der Waals surface area contributed by atoms with Gasteiger partial charge in [0.1, 0.15) is 5.83 Å². The second kappa shape index (κ2) is 7.25. The van der Waals surface area contributed by atoms with Gasteiger partial charge in [-0.25, -0.2) is 4.39 Å². The molecular formula is C12H18F4. The summed E-state index contributed by atoms with van der Waals surface area (Å²) in [6.45, 7) is 12.9. The van der Waals surface area contributed by atoms with E-state index in [0.717, 1.165) is 6.08 Å². The lowest BCUT2D eigenvalue weighted by Crippen LogP contribution is -2.16. The van der Waals surface area contributed by atoms with Crippen LogP contribution >= 0.6 is 0 Å². The minimum atomic E-state index is -4.60. The molecule has 4 heteroatoms. The van der Waals surface area contributed by atoms with Crippen molar-refractivity contribution in [1.29, 1.82) is 0 Å². The molecule has 0 saturated carbocycles. The van der Waals surface area contributed by atoms with Gasteiger partial charge in [-0.2, -0.15) is 13.2 Å². The van der Waals surface area contributed by atoms with Gasteiger partial charge in [-0.1, -0.05) is 40.9 Å². The predicted molar refractivity (Wildman–Crippen MR) is 59.7 cm³/mol. The van der Waals surface area contributed by atoms with Crippen molar-refractivity contribution in [2.24, 2.45) is 5.92 Å². The number of halogens is 4. The molecule has 0 nitrogen and oxygen atoms in total. The average Bonchev–Trinajstić information content (AvgIpc) is 2.18. The lowest BCUT2D eigenvalue weighted by atomic mass is 9.95. The molecular weight excluding hydrogens is 220 g/mol. The molecule has 94 valence electrons. The van der Waals surface area contributed by atoms with Crippen molar-refractivity contribution < 1.29 is 17.6 Å². The van der Waals surface area contributed by atoms with Crippen molar-refractivity contribution in [1.82, 2.24) is 0 Å². The normalized spacial score (nSPS) is 12.6. The van der Waals surface area contributed by atoms with E-state index < -0.39 is 29.1 Å². The van der Waals surface area contributed by atoms with E-state index in [1.54, 1.807) is 0 Å². The summed E-state index contributed by atoms with van der Waals surface area (Å²) < 4.78 is 49.7. The van der Waals surface area contributed by atoms with Gasteiger partial charge in [0.25, 0.3) is 0 Å². The molecule has 0 spiro atoms. The quantitative estimate of drug-likeness (QED) is 0.468. The average molecular weight is 238 g/mol. The summed E-state index contributed by atoms with van der Waals surface area (Å²) in [5.74, 6) is -1.55. The number of allylic oxidation sites excluding steroid dienone is 4. The standard InChI is InChI=1S/C10H12F4.C2H6/c1-5-8(11)9(6(2)3)7(4)10(12,13)14;1-2/h5-6H,1,4H2,2-3H3;1-2H3/b9-8+;. The highest BCUT2D eigenvalue weighted by Gasteiger charge is 2.36. The van der Waals surface area contributed by atoms with Crippen LogP contribution in [0.25, 0.3) is 0 Å². The Balaban J connectivity index is 0. The minimum absolute atomic E-state index is 0.438. The first kappa shape index (κ1) is 17.3. The minimum Gasteiger partial charge on any atom is -0.207 e. The van der Waals surface area contributed by atoms with Crippen LogP contribution < -0.4 is 0 Å². The highest BCUT2D eigenvalue weighted by molar-refractivity contribution is 5.38. The van der Waals surface area contributed by atoms with E-state index in [1.165, 1.54) is 13.8 Å². The Kier molecular flexibility index (Phi) is 7.86. The first-order valence-electron chi connectivity index (χ1n) is 5.00. The molecule has 0 aliphatic heterocycles. The molecule has 0 heterocycles. The molecule has 0 N–H and O–H groups in total. The first-order valence-corrected chi connectivity index (χ1v) is 5.00. The van der Waals surface area contributed by atoms with E-state index in [-0.39, 0.29) is 0 Å². The second-order valence-corrected chi connectivity index (χ2v) is 3.10. The predicted octanol–water partition coefficient (Wildman–Crippen LogP) is 5.20. The van der Waals surface area contributed by atoms with Gasteiger partial charge in [0.2, 0.25) is 0 Å². The van der Waals surface area contributed by atoms with E-state index in [2.05, 4.69) is 13.2 Å². The fourth-order valence-corrected chi connectivity index (χ4v) is 1.03. The van der Waals surface area contributed by atoms with E-state index in [1.807, 2.05) is 13.8 Å². The summed E-state index contributed by atoms with van der Waals surface area (Å²) in [4.78, 5) is 0. The molecule has 0 bridgehead atoms. The van der Waals surface area contributed by atoms with Gasteiger partial charge < -0.3 is 0 Å². The maximum absolute atomic E-state index is 13.0. The van der Waals surface area contributed by atoms with Crippen molar-refractivity contribution in [2.75, 3.05) is 0 Å². The van der Waals surface area contributed by atoms with Crippen LogP contribution in [0.4, 0.5) is 17.6 Å².